The predicted molar refractivity (Wildman–Crippen MR) is 104 cm³/mol. The summed E-state index contributed by atoms with van der Waals surface area (Å²) in [4.78, 5) is 11.4. The lowest BCUT2D eigenvalue weighted by Crippen LogP contribution is -2.12. The Hall–Kier alpha value is -2.93. The zero-order valence-electron chi connectivity index (χ0n) is 15.5. The number of hydrogen-bond donors (Lipinski definition) is 1. The summed E-state index contributed by atoms with van der Waals surface area (Å²) in [6.45, 7) is 0. The van der Waals surface area contributed by atoms with E-state index in [0.29, 0.717) is 11.5 Å². The summed E-state index contributed by atoms with van der Waals surface area (Å²) in [6, 6.07) is 15.2. The first kappa shape index (κ1) is 18.8. The molecule has 4 nitrogen and oxygen atoms in total. The third kappa shape index (κ3) is 5.27. The van der Waals surface area contributed by atoms with Crippen LogP contribution < -0.4 is 9.47 Å². The molecule has 1 fully saturated rings. The van der Waals surface area contributed by atoms with Crippen LogP contribution in [0, 0.1) is 11.8 Å². The van der Waals surface area contributed by atoms with Crippen LogP contribution in [-0.2, 0) is 4.79 Å². The second kappa shape index (κ2) is 9.14. The number of hydrogen-bond acceptors (Lipinski definition) is 3. The van der Waals surface area contributed by atoms with Crippen molar-refractivity contribution in [2.45, 2.75) is 44.1 Å². The molecule has 0 spiro atoms. The Labute approximate surface area is 160 Å². The molecule has 0 radical (unpaired) electrons. The van der Waals surface area contributed by atoms with Gasteiger partial charge in [0, 0.05) is 5.56 Å². The second-order valence-corrected chi connectivity index (χ2v) is 6.72. The molecule has 140 valence electrons. The maximum Gasteiger partial charge on any atom is 0.304 e. The number of carboxylic acid groups (broad SMARTS) is 1. The van der Waals surface area contributed by atoms with Gasteiger partial charge in [-0.15, -0.1) is 0 Å². The average Bonchev–Trinajstić information content (AvgIpc) is 3.19. The van der Waals surface area contributed by atoms with Gasteiger partial charge in [-0.05, 0) is 55.5 Å². The zero-order chi connectivity index (χ0) is 19.1. The van der Waals surface area contributed by atoms with Crippen molar-refractivity contribution in [2.24, 2.45) is 0 Å². The number of carboxylic acids is 1. The van der Waals surface area contributed by atoms with E-state index in [1.165, 1.54) is 12.8 Å². The van der Waals surface area contributed by atoms with Crippen molar-refractivity contribution in [3.63, 3.8) is 0 Å². The first-order chi connectivity index (χ1) is 13.2. The van der Waals surface area contributed by atoms with E-state index < -0.39 is 11.9 Å². The number of benzene rings is 2. The van der Waals surface area contributed by atoms with Crippen molar-refractivity contribution in [2.75, 3.05) is 7.11 Å². The minimum absolute atomic E-state index is 0.0605. The molecule has 2 aromatic rings. The molecule has 0 amide bonds. The monoisotopic (exact) mass is 364 g/mol. The number of rotatable bonds is 6. The van der Waals surface area contributed by atoms with Crippen molar-refractivity contribution in [1.82, 2.24) is 0 Å². The molecule has 2 aromatic carbocycles. The molecular weight excluding hydrogens is 340 g/mol. The van der Waals surface area contributed by atoms with Crippen LogP contribution in [0.5, 0.6) is 11.5 Å². The molecule has 27 heavy (non-hydrogen) atoms. The largest absolute Gasteiger partial charge is 0.493 e. The molecule has 1 aliphatic rings. The van der Waals surface area contributed by atoms with E-state index in [-0.39, 0.29) is 12.5 Å². The highest BCUT2D eigenvalue weighted by Gasteiger charge is 2.20. The summed E-state index contributed by atoms with van der Waals surface area (Å²) in [5, 5.41) is 9.32. The molecule has 0 bridgehead atoms. The Kier molecular flexibility index (Phi) is 6.38. The van der Waals surface area contributed by atoms with Gasteiger partial charge in [-0.2, -0.15) is 0 Å². The normalized spacial score (nSPS) is 14.9. The quantitative estimate of drug-likeness (QED) is 0.760. The summed E-state index contributed by atoms with van der Waals surface area (Å²) < 4.78 is 11.6. The van der Waals surface area contributed by atoms with E-state index in [1.54, 1.807) is 7.11 Å². The fraction of sp³-hybridized carbons (Fsp3) is 0.348. The van der Waals surface area contributed by atoms with Crippen molar-refractivity contribution in [1.29, 1.82) is 0 Å². The van der Waals surface area contributed by atoms with Crippen LogP contribution >= 0.6 is 0 Å². The van der Waals surface area contributed by atoms with Crippen LogP contribution in [0.2, 0.25) is 0 Å². The summed E-state index contributed by atoms with van der Waals surface area (Å²) in [5.41, 5.74) is 1.69. The Morgan fingerprint density at radius 1 is 1.15 bits per heavy atom. The fourth-order valence-electron chi connectivity index (χ4n) is 3.31. The molecule has 1 aliphatic carbocycles. The lowest BCUT2D eigenvalue weighted by Gasteiger charge is -2.18. The highest BCUT2D eigenvalue weighted by Crippen LogP contribution is 2.35. The van der Waals surface area contributed by atoms with Crippen LogP contribution in [-0.4, -0.2) is 24.3 Å². The number of aliphatic carboxylic acids is 1. The van der Waals surface area contributed by atoms with Crippen LogP contribution in [0.25, 0.3) is 0 Å². The molecule has 1 atom stereocenters. The minimum Gasteiger partial charge on any atom is -0.493 e. The molecule has 0 heterocycles. The smallest absolute Gasteiger partial charge is 0.304 e. The van der Waals surface area contributed by atoms with E-state index in [1.807, 2.05) is 48.5 Å². The molecule has 1 saturated carbocycles. The van der Waals surface area contributed by atoms with Crippen LogP contribution in [0.1, 0.15) is 49.1 Å². The fourth-order valence-corrected chi connectivity index (χ4v) is 3.31. The van der Waals surface area contributed by atoms with Gasteiger partial charge in [-0.25, -0.2) is 0 Å². The Morgan fingerprint density at radius 3 is 2.56 bits per heavy atom. The van der Waals surface area contributed by atoms with Crippen molar-refractivity contribution >= 4 is 5.97 Å². The summed E-state index contributed by atoms with van der Waals surface area (Å²) >= 11 is 0. The molecule has 1 N–H and O–H groups in total. The molecule has 0 saturated heterocycles. The highest BCUT2D eigenvalue weighted by atomic mass is 16.5. The lowest BCUT2D eigenvalue weighted by molar-refractivity contribution is -0.137. The zero-order valence-corrected chi connectivity index (χ0v) is 15.5. The van der Waals surface area contributed by atoms with Crippen molar-refractivity contribution < 1.29 is 19.4 Å². The Morgan fingerprint density at radius 2 is 1.89 bits per heavy atom. The number of methoxy groups -OCH3 is 1. The topological polar surface area (TPSA) is 55.8 Å². The summed E-state index contributed by atoms with van der Waals surface area (Å²) in [7, 11) is 1.61. The summed E-state index contributed by atoms with van der Waals surface area (Å²) in [6.07, 6.45) is 4.57. The van der Waals surface area contributed by atoms with Gasteiger partial charge >= 0.3 is 5.97 Å². The molecule has 0 aliphatic heterocycles. The van der Waals surface area contributed by atoms with Gasteiger partial charge in [-0.3, -0.25) is 4.79 Å². The molecule has 0 unspecified atom stereocenters. The average molecular weight is 364 g/mol. The lowest BCUT2D eigenvalue weighted by atomic mass is 9.95. The van der Waals surface area contributed by atoms with E-state index in [0.717, 1.165) is 24.0 Å². The van der Waals surface area contributed by atoms with Crippen LogP contribution in [0.3, 0.4) is 0 Å². The Bertz CT molecular complexity index is 826. The van der Waals surface area contributed by atoms with Gasteiger partial charge in [0.25, 0.3) is 0 Å². The SMILES string of the molecule is COc1ccc([C@H](C#Cc2ccccc2)CC(=O)O)cc1OC1CCCC1. The summed E-state index contributed by atoms with van der Waals surface area (Å²) in [5.74, 6) is 6.23. The molecule has 3 rings (SSSR count). The van der Waals surface area contributed by atoms with E-state index in [2.05, 4.69) is 11.8 Å². The van der Waals surface area contributed by atoms with Gasteiger partial charge in [0.2, 0.25) is 0 Å². The van der Waals surface area contributed by atoms with Crippen molar-refractivity contribution in [3.05, 3.63) is 59.7 Å². The predicted octanol–water partition coefficient (Wildman–Crippen LogP) is 4.63. The maximum atomic E-state index is 11.4. The Balaban J connectivity index is 1.89. The third-order valence-corrected chi connectivity index (χ3v) is 4.73. The van der Waals surface area contributed by atoms with E-state index in [4.69, 9.17) is 9.47 Å². The molecule has 0 aromatic heterocycles. The van der Waals surface area contributed by atoms with Crippen molar-refractivity contribution in [3.8, 4) is 23.3 Å². The van der Waals surface area contributed by atoms with Gasteiger partial charge in [-0.1, -0.05) is 36.1 Å². The number of carbonyl (C=O) groups is 1. The van der Waals surface area contributed by atoms with Gasteiger partial charge in [0.05, 0.1) is 25.6 Å². The first-order valence-corrected chi connectivity index (χ1v) is 9.28. The van der Waals surface area contributed by atoms with Crippen LogP contribution in [0.4, 0.5) is 0 Å². The maximum absolute atomic E-state index is 11.4. The molecule has 4 heteroatoms. The molecular formula is C23H24O4. The number of ether oxygens (including phenoxy) is 2. The first-order valence-electron chi connectivity index (χ1n) is 9.28. The van der Waals surface area contributed by atoms with Crippen LogP contribution in [0.15, 0.2) is 48.5 Å². The van der Waals surface area contributed by atoms with Gasteiger partial charge < -0.3 is 14.6 Å². The minimum atomic E-state index is -0.878. The van der Waals surface area contributed by atoms with E-state index >= 15 is 0 Å². The second-order valence-electron chi connectivity index (χ2n) is 6.72. The van der Waals surface area contributed by atoms with Gasteiger partial charge in [0.15, 0.2) is 11.5 Å². The highest BCUT2D eigenvalue weighted by molar-refractivity contribution is 5.69. The third-order valence-electron chi connectivity index (χ3n) is 4.73. The van der Waals surface area contributed by atoms with E-state index in [9.17, 15) is 9.90 Å². The van der Waals surface area contributed by atoms with Gasteiger partial charge in [0.1, 0.15) is 0 Å². The standard InChI is InChI=1S/C23H24O4/c1-26-21-14-13-18(15-22(21)27-20-9-5-6-10-20)19(16-23(24)25)12-11-17-7-3-2-4-8-17/h2-4,7-8,13-15,19-20H,5-6,9-10,16H2,1H3,(H,24,25)/t19-/m1/s1.